The Labute approximate surface area is 121 Å². The predicted molar refractivity (Wildman–Crippen MR) is 76.1 cm³/mol. The molecule has 1 aliphatic heterocycles. The molecule has 108 valence electrons. The molecule has 0 amide bonds. The minimum Gasteiger partial charge on any atom is -0.373 e. The number of aliphatic hydroxyl groups is 1. The minimum atomic E-state index is -1.54. The Morgan fingerprint density at radius 2 is 1.38 bits per heavy atom. The van der Waals surface area contributed by atoms with Crippen LogP contribution in [0.4, 0.5) is 8.78 Å². The number of amidine groups is 1. The standard InChI is InChI=1S/C16H14F2N2O/c17-13-5-1-11(2-6-13)16(21,15-19-9-10-20-15)12-3-7-14(18)8-4-12/h1-8,21H,9-10H2,(H,19,20). The second kappa shape index (κ2) is 5.26. The van der Waals surface area contributed by atoms with Gasteiger partial charge in [0.1, 0.15) is 17.5 Å². The maximum atomic E-state index is 13.1. The van der Waals surface area contributed by atoms with Gasteiger partial charge in [0.05, 0.1) is 6.54 Å². The fourth-order valence-electron chi connectivity index (χ4n) is 2.46. The summed E-state index contributed by atoms with van der Waals surface area (Å²) in [5.41, 5.74) is -0.593. The molecule has 1 heterocycles. The summed E-state index contributed by atoms with van der Waals surface area (Å²) in [6, 6.07) is 11.1. The Morgan fingerprint density at radius 1 is 0.905 bits per heavy atom. The summed E-state index contributed by atoms with van der Waals surface area (Å²) in [5.74, 6) is -0.385. The summed E-state index contributed by atoms with van der Waals surface area (Å²) in [6.07, 6.45) is 0. The minimum absolute atomic E-state index is 0.387. The van der Waals surface area contributed by atoms with E-state index < -0.39 is 5.60 Å². The first-order valence-corrected chi connectivity index (χ1v) is 6.64. The van der Waals surface area contributed by atoms with E-state index in [1.54, 1.807) is 0 Å². The number of hydrogen-bond acceptors (Lipinski definition) is 3. The Kier molecular flexibility index (Phi) is 3.43. The summed E-state index contributed by atoms with van der Waals surface area (Å²) in [7, 11) is 0. The number of hydrogen-bond donors (Lipinski definition) is 2. The second-order valence-corrected chi connectivity index (χ2v) is 4.88. The van der Waals surface area contributed by atoms with E-state index >= 15 is 0 Å². The Morgan fingerprint density at radius 3 is 1.76 bits per heavy atom. The van der Waals surface area contributed by atoms with Crippen LogP contribution in [0, 0.1) is 11.6 Å². The van der Waals surface area contributed by atoms with E-state index in [-0.39, 0.29) is 11.6 Å². The molecule has 0 unspecified atom stereocenters. The number of aliphatic imine (C=N–C) groups is 1. The number of nitrogens with zero attached hydrogens (tertiary/aromatic N) is 1. The molecule has 2 N–H and O–H groups in total. The molecule has 0 fully saturated rings. The molecule has 3 nitrogen and oxygen atoms in total. The van der Waals surface area contributed by atoms with E-state index in [2.05, 4.69) is 10.3 Å². The fraction of sp³-hybridized carbons (Fsp3) is 0.188. The third-order valence-corrected chi connectivity index (χ3v) is 3.54. The molecule has 21 heavy (non-hydrogen) atoms. The third-order valence-electron chi connectivity index (χ3n) is 3.54. The molecule has 0 aromatic heterocycles. The lowest BCUT2D eigenvalue weighted by Gasteiger charge is -2.29. The number of halogens is 2. The van der Waals surface area contributed by atoms with Gasteiger partial charge in [-0.3, -0.25) is 4.99 Å². The van der Waals surface area contributed by atoms with E-state index in [1.165, 1.54) is 48.5 Å². The van der Waals surface area contributed by atoms with Gasteiger partial charge in [-0.15, -0.1) is 0 Å². The van der Waals surface area contributed by atoms with E-state index in [9.17, 15) is 13.9 Å². The molecule has 0 bridgehead atoms. The van der Waals surface area contributed by atoms with Crippen LogP contribution in [0.5, 0.6) is 0 Å². The molecule has 0 spiro atoms. The lowest BCUT2D eigenvalue weighted by molar-refractivity contribution is 0.152. The van der Waals surface area contributed by atoms with Gasteiger partial charge >= 0.3 is 0 Å². The first-order chi connectivity index (χ1) is 10.1. The maximum absolute atomic E-state index is 13.1. The normalized spacial score (nSPS) is 14.7. The van der Waals surface area contributed by atoms with Crippen molar-refractivity contribution >= 4 is 5.84 Å². The van der Waals surface area contributed by atoms with Crippen molar-refractivity contribution in [3.63, 3.8) is 0 Å². The molecule has 2 aromatic rings. The van der Waals surface area contributed by atoms with Gasteiger partial charge in [-0.05, 0) is 35.4 Å². The molecular formula is C16H14F2N2O. The van der Waals surface area contributed by atoms with Crippen molar-refractivity contribution in [1.29, 1.82) is 0 Å². The van der Waals surface area contributed by atoms with Crippen LogP contribution in [-0.2, 0) is 5.60 Å². The highest BCUT2D eigenvalue weighted by Crippen LogP contribution is 2.31. The van der Waals surface area contributed by atoms with Crippen LogP contribution < -0.4 is 5.32 Å². The SMILES string of the molecule is OC(C1=NCCN1)(c1ccc(F)cc1)c1ccc(F)cc1. The average molecular weight is 288 g/mol. The highest BCUT2D eigenvalue weighted by atomic mass is 19.1. The van der Waals surface area contributed by atoms with Gasteiger partial charge in [0, 0.05) is 6.54 Å². The molecule has 0 radical (unpaired) electrons. The Hall–Kier alpha value is -2.27. The Balaban J connectivity index is 2.14. The van der Waals surface area contributed by atoms with Gasteiger partial charge in [-0.1, -0.05) is 24.3 Å². The lowest BCUT2D eigenvalue weighted by atomic mass is 9.85. The van der Waals surface area contributed by atoms with E-state index in [0.29, 0.717) is 30.1 Å². The molecule has 0 atom stereocenters. The molecule has 0 saturated carbocycles. The average Bonchev–Trinajstić information content (AvgIpc) is 3.02. The smallest absolute Gasteiger partial charge is 0.172 e. The summed E-state index contributed by atoms with van der Waals surface area (Å²) in [4.78, 5) is 4.27. The topological polar surface area (TPSA) is 44.6 Å². The molecule has 0 aliphatic carbocycles. The predicted octanol–water partition coefficient (Wildman–Crippen LogP) is 2.20. The number of nitrogens with one attached hydrogen (secondary N) is 1. The zero-order valence-corrected chi connectivity index (χ0v) is 11.2. The highest BCUT2D eigenvalue weighted by Gasteiger charge is 2.38. The van der Waals surface area contributed by atoms with Gasteiger partial charge in [0.15, 0.2) is 5.60 Å². The van der Waals surface area contributed by atoms with Gasteiger partial charge in [-0.25, -0.2) is 8.78 Å². The van der Waals surface area contributed by atoms with Gasteiger partial charge < -0.3 is 10.4 Å². The number of rotatable bonds is 3. The fourth-order valence-corrected chi connectivity index (χ4v) is 2.46. The Bertz CT molecular complexity index is 620. The highest BCUT2D eigenvalue weighted by molar-refractivity contribution is 5.95. The third kappa shape index (κ3) is 2.40. The lowest BCUT2D eigenvalue weighted by Crippen LogP contribution is -2.43. The molecule has 5 heteroatoms. The van der Waals surface area contributed by atoms with Crippen molar-refractivity contribution in [2.45, 2.75) is 5.60 Å². The monoisotopic (exact) mass is 288 g/mol. The van der Waals surface area contributed by atoms with Gasteiger partial charge in [-0.2, -0.15) is 0 Å². The summed E-state index contributed by atoms with van der Waals surface area (Å²) >= 11 is 0. The van der Waals surface area contributed by atoms with E-state index in [0.717, 1.165) is 0 Å². The van der Waals surface area contributed by atoms with Crippen LogP contribution in [-0.4, -0.2) is 24.0 Å². The summed E-state index contributed by atoms with van der Waals surface area (Å²) in [6.45, 7) is 1.18. The largest absolute Gasteiger partial charge is 0.373 e. The first-order valence-electron chi connectivity index (χ1n) is 6.64. The van der Waals surface area contributed by atoms with Crippen molar-refractivity contribution in [2.24, 2.45) is 4.99 Å². The van der Waals surface area contributed by atoms with E-state index in [4.69, 9.17) is 0 Å². The van der Waals surface area contributed by atoms with Crippen molar-refractivity contribution in [2.75, 3.05) is 13.1 Å². The molecule has 1 aliphatic rings. The summed E-state index contributed by atoms with van der Waals surface area (Å²) in [5, 5.41) is 14.2. The van der Waals surface area contributed by atoms with Crippen molar-refractivity contribution < 1.29 is 13.9 Å². The maximum Gasteiger partial charge on any atom is 0.172 e. The van der Waals surface area contributed by atoms with Crippen LogP contribution in [0.15, 0.2) is 53.5 Å². The zero-order valence-electron chi connectivity index (χ0n) is 11.2. The molecule has 3 rings (SSSR count). The van der Waals surface area contributed by atoms with Gasteiger partial charge in [0.25, 0.3) is 0 Å². The van der Waals surface area contributed by atoms with Crippen LogP contribution in [0.3, 0.4) is 0 Å². The molecule has 0 saturated heterocycles. The molecular weight excluding hydrogens is 274 g/mol. The van der Waals surface area contributed by atoms with Crippen molar-refractivity contribution in [3.05, 3.63) is 71.3 Å². The summed E-state index contributed by atoms with van der Waals surface area (Å²) < 4.78 is 26.3. The van der Waals surface area contributed by atoms with Crippen LogP contribution in [0.2, 0.25) is 0 Å². The number of benzene rings is 2. The zero-order chi connectivity index (χ0) is 14.9. The van der Waals surface area contributed by atoms with Crippen LogP contribution in [0.25, 0.3) is 0 Å². The van der Waals surface area contributed by atoms with Crippen molar-refractivity contribution in [1.82, 2.24) is 5.32 Å². The van der Waals surface area contributed by atoms with Crippen LogP contribution in [0.1, 0.15) is 11.1 Å². The quantitative estimate of drug-likeness (QED) is 0.909. The molecule has 2 aromatic carbocycles. The second-order valence-electron chi connectivity index (χ2n) is 4.88. The van der Waals surface area contributed by atoms with Crippen molar-refractivity contribution in [3.8, 4) is 0 Å². The van der Waals surface area contributed by atoms with E-state index in [1.807, 2.05) is 0 Å². The van der Waals surface area contributed by atoms with Gasteiger partial charge in [0.2, 0.25) is 0 Å². The van der Waals surface area contributed by atoms with Crippen LogP contribution >= 0.6 is 0 Å². The first kappa shape index (κ1) is 13.7.